The van der Waals surface area contributed by atoms with Gasteiger partial charge < -0.3 is 15.3 Å². The van der Waals surface area contributed by atoms with Gasteiger partial charge in [-0.2, -0.15) is 0 Å². The van der Waals surface area contributed by atoms with Crippen molar-refractivity contribution in [3.63, 3.8) is 0 Å². The molecule has 5 nitrogen and oxygen atoms in total. The fourth-order valence-corrected chi connectivity index (χ4v) is 7.28. The molecule has 0 radical (unpaired) electrons. The normalized spacial score (nSPS) is 50.5. The average molecular weight is 362 g/mol. The number of carbonyl (C=O) groups excluding carboxylic acids is 2. The maximum atomic E-state index is 12.4. The molecule has 144 valence electrons. The molecule has 3 N–H and O–H groups in total. The van der Waals surface area contributed by atoms with Gasteiger partial charge in [0, 0.05) is 11.8 Å². The summed E-state index contributed by atoms with van der Waals surface area (Å²) >= 11 is 0. The van der Waals surface area contributed by atoms with Gasteiger partial charge in [0.2, 0.25) is 0 Å². The van der Waals surface area contributed by atoms with Gasteiger partial charge in [0.05, 0.1) is 6.10 Å². The Kier molecular flexibility index (Phi) is 4.04. The number of allylic oxidation sites excluding steroid dienone is 1. The summed E-state index contributed by atoms with van der Waals surface area (Å²) in [6.07, 6.45) is 5.74. The van der Waals surface area contributed by atoms with Crippen LogP contribution in [0.3, 0.4) is 0 Å². The van der Waals surface area contributed by atoms with Crippen LogP contribution in [0.25, 0.3) is 0 Å². The van der Waals surface area contributed by atoms with E-state index in [4.69, 9.17) is 0 Å². The van der Waals surface area contributed by atoms with Crippen molar-refractivity contribution in [2.45, 2.75) is 70.5 Å². The predicted molar refractivity (Wildman–Crippen MR) is 95.1 cm³/mol. The van der Waals surface area contributed by atoms with Gasteiger partial charge in [-0.05, 0) is 67.8 Å². The Bertz CT molecular complexity index is 684. The summed E-state index contributed by atoms with van der Waals surface area (Å²) in [6.45, 7) is 3.46. The number of hydrogen-bond donors (Lipinski definition) is 3. The molecule has 0 unspecified atom stereocenters. The van der Waals surface area contributed by atoms with Crippen LogP contribution in [-0.2, 0) is 9.59 Å². The Hall–Kier alpha value is -1.04. The monoisotopic (exact) mass is 362 g/mol. The molecule has 0 heterocycles. The van der Waals surface area contributed by atoms with E-state index in [2.05, 4.69) is 6.92 Å². The predicted octanol–water partition coefficient (Wildman–Crippen LogP) is 1.78. The molecule has 0 aromatic carbocycles. The third kappa shape index (κ3) is 2.14. The molecular weight excluding hydrogens is 332 g/mol. The number of aliphatic hydroxyl groups is 3. The van der Waals surface area contributed by atoms with Crippen molar-refractivity contribution in [2.75, 3.05) is 6.61 Å². The zero-order chi connectivity index (χ0) is 18.9. The number of aliphatic hydroxyl groups excluding tert-OH is 2. The first kappa shape index (κ1) is 18.3. The van der Waals surface area contributed by atoms with E-state index in [1.807, 2.05) is 6.92 Å². The summed E-state index contributed by atoms with van der Waals surface area (Å²) < 4.78 is 0. The third-order valence-electron chi connectivity index (χ3n) is 8.65. The summed E-state index contributed by atoms with van der Waals surface area (Å²) in [6, 6.07) is 0. The lowest BCUT2D eigenvalue weighted by Crippen LogP contribution is -2.62. The number of fused-ring (bicyclic) bond motifs is 5. The Labute approximate surface area is 154 Å². The number of hydrogen-bond acceptors (Lipinski definition) is 5. The van der Waals surface area contributed by atoms with Crippen LogP contribution in [0.5, 0.6) is 0 Å². The molecule has 0 amide bonds. The Morgan fingerprint density at radius 1 is 1.23 bits per heavy atom. The quantitative estimate of drug-likeness (QED) is 0.696. The zero-order valence-corrected chi connectivity index (χ0v) is 15.7. The topological polar surface area (TPSA) is 94.8 Å². The summed E-state index contributed by atoms with van der Waals surface area (Å²) in [7, 11) is 0. The van der Waals surface area contributed by atoms with Gasteiger partial charge in [-0.3, -0.25) is 9.59 Å². The first-order chi connectivity index (χ1) is 12.2. The Morgan fingerprint density at radius 2 is 1.96 bits per heavy atom. The fraction of sp³-hybridized carbons (Fsp3) is 0.810. The van der Waals surface area contributed by atoms with E-state index in [1.165, 1.54) is 5.57 Å². The number of rotatable bonds is 2. The number of carbonyl (C=O) groups is 2. The lowest BCUT2D eigenvalue weighted by Gasteiger charge is -2.60. The fourth-order valence-electron chi connectivity index (χ4n) is 7.28. The lowest BCUT2D eigenvalue weighted by atomic mass is 9.45. The van der Waals surface area contributed by atoms with Crippen LogP contribution in [0.4, 0.5) is 0 Å². The minimum Gasteiger partial charge on any atom is -0.393 e. The van der Waals surface area contributed by atoms with E-state index in [0.29, 0.717) is 19.3 Å². The van der Waals surface area contributed by atoms with Crippen molar-refractivity contribution in [1.82, 2.24) is 0 Å². The van der Waals surface area contributed by atoms with Crippen molar-refractivity contribution in [3.8, 4) is 0 Å². The molecule has 0 spiro atoms. The van der Waals surface area contributed by atoms with Gasteiger partial charge in [-0.1, -0.05) is 19.4 Å². The maximum Gasteiger partial charge on any atom is 0.190 e. The van der Waals surface area contributed by atoms with E-state index >= 15 is 0 Å². The molecule has 5 heteroatoms. The molecule has 0 aliphatic heterocycles. The van der Waals surface area contributed by atoms with Crippen LogP contribution < -0.4 is 0 Å². The van der Waals surface area contributed by atoms with E-state index in [0.717, 1.165) is 25.7 Å². The molecule has 4 aliphatic carbocycles. The molecule has 0 aromatic rings. The van der Waals surface area contributed by atoms with Crippen LogP contribution in [0.15, 0.2) is 11.6 Å². The van der Waals surface area contributed by atoms with Crippen molar-refractivity contribution in [1.29, 1.82) is 0 Å². The average Bonchev–Trinajstić information content (AvgIpc) is 2.86. The molecule has 4 rings (SSSR count). The van der Waals surface area contributed by atoms with Crippen LogP contribution in [0, 0.1) is 28.6 Å². The highest BCUT2D eigenvalue weighted by molar-refractivity contribution is 5.91. The number of Topliss-reactive ketones (excluding diaryl/α,β-unsaturated/α-hetero) is 1. The van der Waals surface area contributed by atoms with Gasteiger partial charge in [-0.25, -0.2) is 0 Å². The summed E-state index contributed by atoms with van der Waals surface area (Å²) in [4.78, 5) is 24.3. The third-order valence-corrected chi connectivity index (χ3v) is 8.65. The van der Waals surface area contributed by atoms with E-state index in [1.54, 1.807) is 6.08 Å². The van der Waals surface area contributed by atoms with E-state index in [9.17, 15) is 24.9 Å². The van der Waals surface area contributed by atoms with Crippen LogP contribution in [-0.4, -0.2) is 45.2 Å². The van der Waals surface area contributed by atoms with Crippen LogP contribution >= 0.6 is 0 Å². The largest absolute Gasteiger partial charge is 0.393 e. The second-order valence-electron chi connectivity index (χ2n) is 9.56. The molecule has 26 heavy (non-hydrogen) atoms. The van der Waals surface area contributed by atoms with Gasteiger partial charge in [0.15, 0.2) is 11.6 Å². The SMILES string of the molecule is C[C@@]12CCC(=O)C=C1CC[C@H]1[C@H]2[C@@H](O)C[C@]2(C)[C@@H]1CC[C@@]2(O)C(=O)CO. The smallest absolute Gasteiger partial charge is 0.190 e. The van der Waals surface area contributed by atoms with Gasteiger partial charge in [0.25, 0.3) is 0 Å². The first-order valence-electron chi connectivity index (χ1n) is 9.96. The molecule has 3 saturated carbocycles. The van der Waals surface area contributed by atoms with E-state index < -0.39 is 29.5 Å². The molecule has 0 saturated heterocycles. The molecule has 3 fully saturated rings. The molecule has 4 aliphatic rings. The molecule has 7 atom stereocenters. The minimum atomic E-state index is -1.54. The van der Waals surface area contributed by atoms with Gasteiger partial charge in [-0.15, -0.1) is 0 Å². The first-order valence-corrected chi connectivity index (χ1v) is 9.96. The van der Waals surface area contributed by atoms with Gasteiger partial charge in [0.1, 0.15) is 12.2 Å². The number of ketones is 2. The zero-order valence-electron chi connectivity index (χ0n) is 15.7. The lowest BCUT2D eigenvalue weighted by molar-refractivity contribution is -0.182. The Balaban J connectivity index is 1.74. The molecular formula is C21H30O5. The van der Waals surface area contributed by atoms with Crippen molar-refractivity contribution in [3.05, 3.63) is 11.6 Å². The maximum absolute atomic E-state index is 12.4. The van der Waals surface area contributed by atoms with Crippen molar-refractivity contribution < 1.29 is 24.9 Å². The highest BCUT2D eigenvalue weighted by atomic mass is 16.3. The molecule has 0 aromatic heterocycles. The summed E-state index contributed by atoms with van der Waals surface area (Å²) in [5.74, 6) is 0.140. The van der Waals surface area contributed by atoms with Gasteiger partial charge >= 0.3 is 0 Å². The standard InChI is InChI=1S/C21H30O5/c1-19-7-5-13(23)9-12(19)3-4-14-15-6-8-21(26,17(25)11-22)20(15,2)10-16(24)18(14)19/h9,14-16,18,22,24,26H,3-8,10-11H2,1-2H3/t14-,15-,16+,18+,19-,20-,21-/m1/s1. The summed E-state index contributed by atoms with van der Waals surface area (Å²) in [5.41, 5.74) is -1.23. The van der Waals surface area contributed by atoms with Crippen LogP contribution in [0.1, 0.15) is 58.8 Å². The van der Waals surface area contributed by atoms with Crippen molar-refractivity contribution in [2.24, 2.45) is 28.6 Å². The van der Waals surface area contributed by atoms with E-state index in [-0.39, 0.29) is 29.0 Å². The summed E-state index contributed by atoms with van der Waals surface area (Å²) in [5, 5.41) is 31.7. The Morgan fingerprint density at radius 3 is 2.65 bits per heavy atom. The highest BCUT2D eigenvalue weighted by Gasteiger charge is 2.68. The minimum absolute atomic E-state index is 0.0697. The van der Waals surface area contributed by atoms with Crippen molar-refractivity contribution >= 4 is 11.6 Å². The highest BCUT2D eigenvalue weighted by Crippen LogP contribution is 2.67. The second-order valence-corrected chi connectivity index (χ2v) is 9.56. The second kappa shape index (κ2) is 5.73. The van der Waals surface area contributed by atoms with Crippen LogP contribution in [0.2, 0.25) is 0 Å². The molecule has 0 bridgehead atoms.